The second-order valence-electron chi connectivity index (χ2n) is 2.72. The summed E-state index contributed by atoms with van der Waals surface area (Å²) in [6, 6.07) is 2.45. The summed E-state index contributed by atoms with van der Waals surface area (Å²) in [7, 11) is 0. The standard InChI is InChI=1S/C10H10F2OS/c11-9-7(3-1-2-6-14)4-5-8(13)10(9)12/h1,3-5,13-14H,2,6H2. The van der Waals surface area contributed by atoms with Gasteiger partial charge in [-0.25, -0.2) is 4.39 Å². The van der Waals surface area contributed by atoms with Crippen LogP contribution in [-0.4, -0.2) is 10.9 Å². The van der Waals surface area contributed by atoms with E-state index in [4.69, 9.17) is 5.11 Å². The molecule has 0 fully saturated rings. The number of allylic oxidation sites excluding steroid dienone is 1. The molecule has 0 amide bonds. The van der Waals surface area contributed by atoms with E-state index in [2.05, 4.69) is 12.6 Å². The van der Waals surface area contributed by atoms with Gasteiger partial charge in [-0.1, -0.05) is 12.2 Å². The van der Waals surface area contributed by atoms with Gasteiger partial charge in [0.25, 0.3) is 0 Å². The van der Waals surface area contributed by atoms with Gasteiger partial charge in [0.15, 0.2) is 11.6 Å². The number of aromatic hydroxyl groups is 1. The number of rotatable bonds is 3. The van der Waals surface area contributed by atoms with E-state index in [1.807, 2.05) is 0 Å². The lowest BCUT2D eigenvalue weighted by Gasteiger charge is -2.00. The van der Waals surface area contributed by atoms with E-state index in [0.29, 0.717) is 12.2 Å². The van der Waals surface area contributed by atoms with E-state index >= 15 is 0 Å². The molecule has 0 unspecified atom stereocenters. The molecule has 1 rings (SSSR count). The van der Waals surface area contributed by atoms with Crippen LogP contribution < -0.4 is 0 Å². The van der Waals surface area contributed by atoms with Crippen molar-refractivity contribution >= 4 is 18.7 Å². The third kappa shape index (κ3) is 2.48. The Bertz CT molecular complexity index is 350. The van der Waals surface area contributed by atoms with E-state index < -0.39 is 17.4 Å². The smallest absolute Gasteiger partial charge is 0.200 e. The van der Waals surface area contributed by atoms with Gasteiger partial charge in [-0.15, -0.1) is 0 Å². The van der Waals surface area contributed by atoms with Crippen LogP contribution in [0.3, 0.4) is 0 Å². The first-order chi connectivity index (χ1) is 6.66. The van der Waals surface area contributed by atoms with Gasteiger partial charge in [-0.3, -0.25) is 0 Å². The summed E-state index contributed by atoms with van der Waals surface area (Å²) >= 11 is 3.97. The number of benzene rings is 1. The van der Waals surface area contributed by atoms with Crippen LogP contribution in [0, 0.1) is 11.6 Å². The minimum absolute atomic E-state index is 0.127. The molecule has 4 heteroatoms. The number of hydrogen-bond acceptors (Lipinski definition) is 2. The van der Waals surface area contributed by atoms with Crippen molar-refractivity contribution in [2.45, 2.75) is 6.42 Å². The summed E-state index contributed by atoms with van der Waals surface area (Å²) in [5.74, 6) is -2.26. The van der Waals surface area contributed by atoms with Crippen molar-refractivity contribution in [3.8, 4) is 5.75 Å². The maximum absolute atomic E-state index is 13.1. The van der Waals surface area contributed by atoms with Gasteiger partial charge >= 0.3 is 0 Å². The van der Waals surface area contributed by atoms with Gasteiger partial charge < -0.3 is 5.11 Å². The third-order valence-electron chi connectivity index (χ3n) is 1.68. The van der Waals surface area contributed by atoms with Crippen molar-refractivity contribution in [1.82, 2.24) is 0 Å². The number of phenols is 1. The van der Waals surface area contributed by atoms with Crippen molar-refractivity contribution < 1.29 is 13.9 Å². The number of thiol groups is 1. The quantitative estimate of drug-likeness (QED) is 0.744. The largest absolute Gasteiger partial charge is 0.505 e. The first-order valence-corrected chi connectivity index (χ1v) is 4.74. The summed E-state index contributed by atoms with van der Waals surface area (Å²) in [6.07, 6.45) is 3.85. The Kier molecular flexibility index (Phi) is 3.95. The molecule has 0 radical (unpaired) electrons. The van der Waals surface area contributed by atoms with Crippen molar-refractivity contribution in [3.05, 3.63) is 35.4 Å². The van der Waals surface area contributed by atoms with Crippen LogP contribution in [-0.2, 0) is 0 Å². The number of phenolic OH excluding ortho intramolecular Hbond substituents is 1. The molecule has 1 aromatic rings. The van der Waals surface area contributed by atoms with Gasteiger partial charge in [0.05, 0.1) is 0 Å². The molecule has 0 aliphatic heterocycles. The lowest BCUT2D eigenvalue weighted by Crippen LogP contribution is -1.88. The van der Waals surface area contributed by atoms with E-state index in [9.17, 15) is 8.78 Å². The maximum Gasteiger partial charge on any atom is 0.200 e. The van der Waals surface area contributed by atoms with Crippen molar-refractivity contribution in [2.75, 3.05) is 5.75 Å². The molecular formula is C10H10F2OS. The van der Waals surface area contributed by atoms with Crippen LogP contribution in [0.15, 0.2) is 18.2 Å². The fraction of sp³-hybridized carbons (Fsp3) is 0.200. The Morgan fingerprint density at radius 2 is 2.00 bits per heavy atom. The molecule has 1 aromatic carbocycles. The van der Waals surface area contributed by atoms with Crippen LogP contribution in [0.2, 0.25) is 0 Å². The normalized spacial score (nSPS) is 11.1. The van der Waals surface area contributed by atoms with E-state index in [-0.39, 0.29) is 5.56 Å². The van der Waals surface area contributed by atoms with Gasteiger partial charge in [-0.05, 0) is 24.3 Å². The third-order valence-corrected chi connectivity index (χ3v) is 1.94. The molecule has 0 atom stereocenters. The predicted molar refractivity (Wildman–Crippen MR) is 55.5 cm³/mol. The zero-order chi connectivity index (χ0) is 10.6. The monoisotopic (exact) mass is 216 g/mol. The molecule has 76 valence electrons. The van der Waals surface area contributed by atoms with Gasteiger partial charge in [0.1, 0.15) is 0 Å². The van der Waals surface area contributed by atoms with E-state index in [1.165, 1.54) is 12.1 Å². The molecule has 0 heterocycles. The van der Waals surface area contributed by atoms with E-state index in [0.717, 1.165) is 6.07 Å². The van der Waals surface area contributed by atoms with Crippen molar-refractivity contribution in [2.24, 2.45) is 0 Å². The summed E-state index contributed by atoms with van der Waals surface area (Å²) in [4.78, 5) is 0. The van der Waals surface area contributed by atoms with Gasteiger partial charge in [0, 0.05) is 5.56 Å². The van der Waals surface area contributed by atoms with Crippen LogP contribution in [0.5, 0.6) is 5.75 Å². The Balaban J connectivity index is 2.94. The molecule has 0 bridgehead atoms. The number of hydrogen-bond donors (Lipinski definition) is 2. The van der Waals surface area contributed by atoms with Crippen LogP contribution in [0.25, 0.3) is 6.08 Å². The zero-order valence-electron chi connectivity index (χ0n) is 7.37. The average Bonchev–Trinajstić information content (AvgIpc) is 2.18. The molecule has 0 saturated carbocycles. The summed E-state index contributed by atoms with van der Waals surface area (Å²) < 4.78 is 25.9. The van der Waals surface area contributed by atoms with Crippen LogP contribution in [0.4, 0.5) is 8.78 Å². The molecule has 14 heavy (non-hydrogen) atoms. The Morgan fingerprint density at radius 3 is 2.64 bits per heavy atom. The second kappa shape index (κ2) is 5.00. The van der Waals surface area contributed by atoms with Crippen molar-refractivity contribution in [1.29, 1.82) is 0 Å². The minimum Gasteiger partial charge on any atom is -0.505 e. The van der Waals surface area contributed by atoms with Gasteiger partial charge in [0.2, 0.25) is 5.82 Å². The SMILES string of the molecule is Oc1ccc(C=CCCS)c(F)c1F. The fourth-order valence-electron chi connectivity index (χ4n) is 0.968. The molecular weight excluding hydrogens is 206 g/mol. The maximum atomic E-state index is 13.1. The highest BCUT2D eigenvalue weighted by Gasteiger charge is 2.10. The van der Waals surface area contributed by atoms with Gasteiger partial charge in [-0.2, -0.15) is 17.0 Å². The first kappa shape index (κ1) is 11.0. The topological polar surface area (TPSA) is 20.2 Å². The highest BCUT2D eigenvalue weighted by molar-refractivity contribution is 7.80. The first-order valence-electron chi connectivity index (χ1n) is 4.11. The fourth-order valence-corrected chi connectivity index (χ4v) is 1.12. The lowest BCUT2D eigenvalue weighted by molar-refractivity contribution is 0.406. The lowest BCUT2D eigenvalue weighted by atomic mass is 10.1. The Morgan fingerprint density at radius 1 is 1.29 bits per heavy atom. The molecule has 0 saturated heterocycles. The average molecular weight is 216 g/mol. The van der Waals surface area contributed by atoms with Crippen LogP contribution in [0.1, 0.15) is 12.0 Å². The Hall–Kier alpha value is -1.03. The van der Waals surface area contributed by atoms with Crippen LogP contribution >= 0.6 is 12.6 Å². The van der Waals surface area contributed by atoms with Crippen molar-refractivity contribution in [3.63, 3.8) is 0 Å². The minimum atomic E-state index is -1.21. The van der Waals surface area contributed by atoms with E-state index in [1.54, 1.807) is 6.08 Å². The molecule has 0 spiro atoms. The molecule has 0 aromatic heterocycles. The highest BCUT2D eigenvalue weighted by Crippen LogP contribution is 2.21. The zero-order valence-corrected chi connectivity index (χ0v) is 8.27. The number of halogens is 2. The second-order valence-corrected chi connectivity index (χ2v) is 3.16. The summed E-state index contributed by atoms with van der Waals surface area (Å²) in [5.41, 5.74) is 0.127. The highest BCUT2D eigenvalue weighted by atomic mass is 32.1. The summed E-state index contributed by atoms with van der Waals surface area (Å²) in [6.45, 7) is 0. The Labute approximate surface area is 86.5 Å². The molecule has 1 N–H and O–H groups in total. The molecule has 1 nitrogen and oxygen atoms in total. The summed E-state index contributed by atoms with van der Waals surface area (Å²) in [5, 5.41) is 8.84. The molecule has 0 aliphatic carbocycles. The predicted octanol–water partition coefficient (Wildman–Crippen LogP) is 3.00. The molecule has 0 aliphatic rings.